The van der Waals surface area contributed by atoms with E-state index in [1.54, 1.807) is 16.8 Å². The number of hydrogen-bond acceptors (Lipinski definition) is 10. The Hall–Kier alpha value is -3.78. The van der Waals surface area contributed by atoms with Crippen LogP contribution in [0.4, 0.5) is 5.95 Å². The SMILES string of the molecule is CN1CCN(CC(=O)NC2CCC(Nc3nc(=NC4CC4)n4nc/c(=C\c5[nH]c(=O)[nH]c5O)c4n3)CC2)CC1. The van der Waals surface area contributed by atoms with Crippen LogP contribution in [-0.2, 0) is 4.79 Å². The van der Waals surface area contributed by atoms with Gasteiger partial charge in [-0.15, -0.1) is 0 Å². The monoisotopic (exact) mass is 537 g/mol. The van der Waals surface area contributed by atoms with Crippen molar-refractivity contribution in [1.82, 2.24) is 44.7 Å². The van der Waals surface area contributed by atoms with E-state index in [1.807, 2.05) is 0 Å². The van der Waals surface area contributed by atoms with Crippen LogP contribution in [0.5, 0.6) is 5.88 Å². The van der Waals surface area contributed by atoms with E-state index in [2.05, 4.69) is 47.5 Å². The van der Waals surface area contributed by atoms with E-state index < -0.39 is 5.69 Å². The molecule has 0 unspecified atom stereocenters. The topological polar surface area (TPSA) is 172 Å². The van der Waals surface area contributed by atoms with E-state index in [1.165, 1.54) is 0 Å². The summed E-state index contributed by atoms with van der Waals surface area (Å²) in [5, 5.41) is 21.7. The van der Waals surface area contributed by atoms with E-state index in [9.17, 15) is 14.7 Å². The Morgan fingerprint density at radius 2 is 1.85 bits per heavy atom. The van der Waals surface area contributed by atoms with Crippen molar-refractivity contribution in [2.24, 2.45) is 4.99 Å². The maximum absolute atomic E-state index is 12.6. The first kappa shape index (κ1) is 25.5. The van der Waals surface area contributed by atoms with Crippen molar-refractivity contribution in [2.45, 2.75) is 56.7 Å². The minimum atomic E-state index is -0.497. The number of aromatic nitrogens is 6. The standard InChI is InChI=1S/C25H35N11O3/c1-34-8-10-35(11-9-34)14-20(37)27-16-2-4-17(5-3-16)28-23-31-21-15(12-19-22(38)32-25(39)30-19)13-26-36(21)24(33-23)29-18-6-7-18/h12-13,16-18,38H,2-11,14H2,1H3,(H,27,37)(H,28,29,33)(H2,30,32,39)/b15-12+. The summed E-state index contributed by atoms with van der Waals surface area (Å²) in [4.78, 5) is 47.6. The summed E-state index contributed by atoms with van der Waals surface area (Å²) in [6.07, 6.45) is 8.83. The lowest BCUT2D eigenvalue weighted by molar-refractivity contribution is -0.123. The van der Waals surface area contributed by atoms with Crippen molar-refractivity contribution in [2.75, 3.05) is 45.1 Å². The Labute approximate surface area is 224 Å². The molecule has 6 rings (SSSR count). The molecule has 0 radical (unpaired) electrons. The van der Waals surface area contributed by atoms with Gasteiger partial charge in [0.25, 0.3) is 5.62 Å². The lowest BCUT2D eigenvalue weighted by Gasteiger charge is -2.33. The predicted molar refractivity (Wildman–Crippen MR) is 143 cm³/mol. The second-order valence-corrected chi connectivity index (χ2v) is 10.9. The predicted octanol–water partition coefficient (Wildman–Crippen LogP) is -1.46. The smallest absolute Gasteiger partial charge is 0.326 e. The van der Waals surface area contributed by atoms with Crippen LogP contribution in [0.2, 0.25) is 0 Å². The first-order valence-corrected chi connectivity index (χ1v) is 13.7. The van der Waals surface area contributed by atoms with E-state index in [0.29, 0.717) is 29.0 Å². The molecule has 1 amide bonds. The van der Waals surface area contributed by atoms with Crippen LogP contribution in [0, 0.1) is 0 Å². The lowest BCUT2D eigenvalue weighted by atomic mass is 9.91. The summed E-state index contributed by atoms with van der Waals surface area (Å²) in [6, 6.07) is 0.592. The molecule has 0 aromatic carbocycles. The number of rotatable bonds is 7. The Balaban J connectivity index is 1.13. The van der Waals surface area contributed by atoms with Crippen LogP contribution in [-0.4, -0.2) is 108 Å². The number of aromatic amines is 2. The van der Waals surface area contributed by atoms with Gasteiger partial charge in [-0.3, -0.25) is 14.7 Å². The van der Waals surface area contributed by atoms with Gasteiger partial charge in [0.2, 0.25) is 17.7 Å². The number of hydrogen-bond donors (Lipinski definition) is 5. The van der Waals surface area contributed by atoms with Crippen LogP contribution >= 0.6 is 0 Å². The summed E-state index contributed by atoms with van der Waals surface area (Å²) in [6.45, 7) is 4.33. The van der Waals surface area contributed by atoms with Gasteiger partial charge < -0.3 is 25.6 Å². The normalized spacial score (nSPS) is 23.9. The molecule has 4 heterocycles. The van der Waals surface area contributed by atoms with E-state index in [-0.39, 0.29) is 35.6 Å². The third-order valence-electron chi connectivity index (χ3n) is 7.65. The third kappa shape index (κ3) is 6.11. The van der Waals surface area contributed by atoms with Crippen molar-refractivity contribution < 1.29 is 9.90 Å². The molecule has 208 valence electrons. The molecule has 2 saturated carbocycles. The number of nitrogens with one attached hydrogen (secondary N) is 4. The Morgan fingerprint density at radius 3 is 2.54 bits per heavy atom. The summed E-state index contributed by atoms with van der Waals surface area (Å²) in [5.74, 6) is 0.323. The number of aromatic hydroxyl groups is 1. The Morgan fingerprint density at radius 1 is 1.10 bits per heavy atom. The van der Waals surface area contributed by atoms with Gasteiger partial charge >= 0.3 is 5.69 Å². The average molecular weight is 538 g/mol. The van der Waals surface area contributed by atoms with Crippen molar-refractivity contribution in [3.05, 3.63) is 33.2 Å². The van der Waals surface area contributed by atoms with Gasteiger partial charge in [-0.05, 0) is 51.6 Å². The maximum atomic E-state index is 12.6. The second kappa shape index (κ2) is 10.8. The molecule has 14 heteroatoms. The van der Waals surface area contributed by atoms with Crippen molar-refractivity contribution in [3.63, 3.8) is 0 Å². The number of nitrogens with zero attached hydrogens (tertiary/aromatic N) is 7. The van der Waals surface area contributed by atoms with Crippen molar-refractivity contribution in [1.29, 1.82) is 0 Å². The molecular formula is C25H35N11O3. The summed E-state index contributed by atoms with van der Waals surface area (Å²) < 4.78 is 1.59. The quantitative estimate of drug-likeness (QED) is 0.242. The lowest BCUT2D eigenvalue weighted by Crippen LogP contribution is -2.50. The summed E-state index contributed by atoms with van der Waals surface area (Å²) >= 11 is 0. The first-order valence-electron chi connectivity index (χ1n) is 13.7. The molecule has 39 heavy (non-hydrogen) atoms. The summed E-state index contributed by atoms with van der Waals surface area (Å²) in [5.41, 5.74) is 0.749. The van der Waals surface area contributed by atoms with Crippen molar-refractivity contribution >= 4 is 23.6 Å². The van der Waals surface area contributed by atoms with Gasteiger partial charge in [-0.2, -0.15) is 19.6 Å². The number of carbonyl (C=O) groups is 1. The molecule has 3 aromatic heterocycles. The summed E-state index contributed by atoms with van der Waals surface area (Å²) in [7, 11) is 2.11. The minimum Gasteiger partial charge on any atom is -0.493 e. The van der Waals surface area contributed by atoms with Gasteiger partial charge in [-0.1, -0.05) is 0 Å². The highest BCUT2D eigenvalue weighted by Gasteiger charge is 2.25. The fourth-order valence-corrected chi connectivity index (χ4v) is 5.19. The van der Waals surface area contributed by atoms with Crippen LogP contribution in [0.25, 0.3) is 11.7 Å². The number of imidazole rings is 1. The van der Waals surface area contributed by atoms with Gasteiger partial charge in [0, 0.05) is 43.5 Å². The van der Waals surface area contributed by atoms with Crippen LogP contribution in [0.3, 0.4) is 0 Å². The molecule has 3 aliphatic rings. The zero-order valence-electron chi connectivity index (χ0n) is 22.1. The number of H-pyrrole nitrogens is 2. The zero-order chi connectivity index (χ0) is 26.9. The molecule has 2 aliphatic carbocycles. The third-order valence-corrected chi connectivity index (χ3v) is 7.65. The molecule has 0 spiro atoms. The van der Waals surface area contributed by atoms with Gasteiger partial charge in [0.1, 0.15) is 5.69 Å². The fourth-order valence-electron chi connectivity index (χ4n) is 5.19. The average Bonchev–Trinajstić information content (AvgIpc) is 3.54. The minimum absolute atomic E-state index is 0.107. The van der Waals surface area contributed by atoms with E-state index in [4.69, 9.17) is 9.98 Å². The maximum Gasteiger partial charge on any atom is 0.326 e. The number of carbonyl (C=O) groups excluding carboxylic acids is 1. The highest BCUT2D eigenvalue weighted by molar-refractivity contribution is 5.78. The van der Waals surface area contributed by atoms with Crippen LogP contribution < -0.4 is 27.2 Å². The number of likely N-dealkylation sites (N-methyl/N-ethyl adjacent to an activating group) is 1. The largest absolute Gasteiger partial charge is 0.493 e. The number of anilines is 1. The highest BCUT2D eigenvalue weighted by atomic mass is 16.3. The Kier molecular flexibility index (Phi) is 7.04. The molecular weight excluding hydrogens is 502 g/mol. The van der Waals surface area contributed by atoms with Crippen LogP contribution in [0.15, 0.2) is 16.0 Å². The van der Waals surface area contributed by atoms with E-state index >= 15 is 0 Å². The van der Waals surface area contributed by atoms with Gasteiger partial charge in [-0.25, -0.2) is 9.79 Å². The first-order chi connectivity index (χ1) is 18.9. The van der Waals surface area contributed by atoms with Gasteiger partial charge in [0.15, 0.2) is 5.65 Å². The molecule has 3 fully saturated rings. The molecule has 14 nitrogen and oxygen atoms in total. The van der Waals surface area contributed by atoms with E-state index in [0.717, 1.165) is 64.7 Å². The number of amides is 1. The van der Waals surface area contributed by atoms with Crippen LogP contribution in [0.1, 0.15) is 44.2 Å². The van der Waals surface area contributed by atoms with Crippen molar-refractivity contribution in [3.8, 4) is 5.88 Å². The molecule has 1 aliphatic heterocycles. The number of piperazine rings is 1. The molecule has 0 atom stereocenters. The zero-order valence-corrected chi connectivity index (χ0v) is 22.1. The fraction of sp³-hybridized carbons (Fsp3) is 0.600. The highest BCUT2D eigenvalue weighted by Crippen LogP contribution is 2.23. The molecule has 5 N–H and O–H groups in total. The molecule has 1 saturated heterocycles. The number of fused-ring (bicyclic) bond motifs is 1. The Bertz CT molecular complexity index is 1510. The second-order valence-electron chi connectivity index (χ2n) is 10.9. The molecule has 0 bridgehead atoms. The van der Waals surface area contributed by atoms with Gasteiger partial charge in [0.05, 0.1) is 18.8 Å². The molecule has 3 aromatic rings.